The van der Waals surface area contributed by atoms with E-state index >= 15 is 0 Å². The fourth-order valence-electron chi connectivity index (χ4n) is 2.35. The van der Waals surface area contributed by atoms with E-state index in [2.05, 4.69) is 72.6 Å². The van der Waals surface area contributed by atoms with Crippen molar-refractivity contribution in [3.05, 3.63) is 41.7 Å². The highest BCUT2D eigenvalue weighted by molar-refractivity contribution is 5.66. The molecule has 0 spiro atoms. The SMILES string of the molecule is CNc1ncnc(Nc2cccc(C(C)C)c2)c1C(C)C. The van der Waals surface area contributed by atoms with Crippen LogP contribution in [0.15, 0.2) is 30.6 Å². The Labute approximate surface area is 127 Å². The van der Waals surface area contributed by atoms with Crippen LogP contribution in [-0.2, 0) is 0 Å². The lowest BCUT2D eigenvalue weighted by molar-refractivity contribution is 0.851. The highest BCUT2D eigenvalue weighted by Crippen LogP contribution is 2.30. The summed E-state index contributed by atoms with van der Waals surface area (Å²) in [5.41, 5.74) is 3.48. The van der Waals surface area contributed by atoms with Gasteiger partial charge in [0.15, 0.2) is 0 Å². The molecule has 0 aliphatic rings. The second-order valence-corrected chi connectivity index (χ2v) is 5.79. The molecule has 0 saturated heterocycles. The van der Waals surface area contributed by atoms with Crippen molar-refractivity contribution in [2.45, 2.75) is 39.5 Å². The van der Waals surface area contributed by atoms with Crippen LogP contribution in [-0.4, -0.2) is 17.0 Å². The van der Waals surface area contributed by atoms with Gasteiger partial charge < -0.3 is 10.6 Å². The molecule has 1 heterocycles. The second kappa shape index (κ2) is 6.57. The van der Waals surface area contributed by atoms with E-state index in [1.165, 1.54) is 5.56 Å². The van der Waals surface area contributed by atoms with Gasteiger partial charge in [-0.3, -0.25) is 0 Å². The average Bonchev–Trinajstić information content (AvgIpc) is 2.46. The quantitative estimate of drug-likeness (QED) is 0.848. The van der Waals surface area contributed by atoms with Crippen LogP contribution in [0.3, 0.4) is 0 Å². The Hall–Kier alpha value is -2.10. The summed E-state index contributed by atoms with van der Waals surface area (Å²) in [7, 11) is 1.89. The summed E-state index contributed by atoms with van der Waals surface area (Å²) in [6.45, 7) is 8.69. The Morgan fingerprint density at radius 3 is 2.29 bits per heavy atom. The summed E-state index contributed by atoms with van der Waals surface area (Å²) >= 11 is 0. The first-order valence-corrected chi connectivity index (χ1v) is 7.42. The number of nitrogens with one attached hydrogen (secondary N) is 2. The van der Waals surface area contributed by atoms with Crippen molar-refractivity contribution in [1.82, 2.24) is 9.97 Å². The van der Waals surface area contributed by atoms with Crippen molar-refractivity contribution in [2.75, 3.05) is 17.7 Å². The molecule has 0 fully saturated rings. The number of nitrogens with zero attached hydrogens (tertiary/aromatic N) is 2. The van der Waals surface area contributed by atoms with Crippen LogP contribution in [0, 0.1) is 0 Å². The predicted molar refractivity (Wildman–Crippen MR) is 89.5 cm³/mol. The third-order valence-electron chi connectivity index (χ3n) is 3.51. The van der Waals surface area contributed by atoms with E-state index in [4.69, 9.17) is 0 Å². The maximum absolute atomic E-state index is 4.42. The van der Waals surface area contributed by atoms with Gasteiger partial charge in [0.25, 0.3) is 0 Å². The first kappa shape index (κ1) is 15.3. The van der Waals surface area contributed by atoms with Crippen molar-refractivity contribution in [2.24, 2.45) is 0 Å². The fraction of sp³-hybridized carbons (Fsp3) is 0.412. The normalized spacial score (nSPS) is 11.0. The Morgan fingerprint density at radius 1 is 0.952 bits per heavy atom. The van der Waals surface area contributed by atoms with E-state index < -0.39 is 0 Å². The lowest BCUT2D eigenvalue weighted by Gasteiger charge is -2.17. The van der Waals surface area contributed by atoms with Crippen LogP contribution in [0.1, 0.15) is 50.7 Å². The fourth-order valence-corrected chi connectivity index (χ4v) is 2.35. The zero-order chi connectivity index (χ0) is 15.4. The lowest BCUT2D eigenvalue weighted by Crippen LogP contribution is -2.07. The Balaban J connectivity index is 2.37. The molecule has 1 aromatic heterocycles. The van der Waals surface area contributed by atoms with Gasteiger partial charge in [-0.25, -0.2) is 9.97 Å². The zero-order valence-electron chi connectivity index (χ0n) is 13.4. The molecule has 2 N–H and O–H groups in total. The minimum atomic E-state index is 0.337. The standard InChI is InChI=1S/C17H24N4/c1-11(2)13-7-6-8-14(9-13)21-17-15(12(3)4)16(18-5)19-10-20-17/h6-12H,1-5H3,(H2,18,19,20,21). The number of anilines is 3. The van der Waals surface area contributed by atoms with Gasteiger partial charge in [0.2, 0.25) is 0 Å². The minimum Gasteiger partial charge on any atom is -0.373 e. The monoisotopic (exact) mass is 284 g/mol. The molecule has 0 bridgehead atoms. The third-order valence-corrected chi connectivity index (χ3v) is 3.51. The smallest absolute Gasteiger partial charge is 0.139 e. The highest BCUT2D eigenvalue weighted by atomic mass is 15.1. The Bertz CT molecular complexity index is 605. The molecule has 2 aromatic rings. The number of hydrogen-bond donors (Lipinski definition) is 2. The minimum absolute atomic E-state index is 0.337. The molecule has 0 aliphatic heterocycles. The zero-order valence-corrected chi connectivity index (χ0v) is 13.4. The maximum Gasteiger partial charge on any atom is 0.139 e. The summed E-state index contributed by atoms with van der Waals surface area (Å²) < 4.78 is 0. The van der Waals surface area contributed by atoms with Crippen molar-refractivity contribution in [3.63, 3.8) is 0 Å². The van der Waals surface area contributed by atoms with Gasteiger partial charge in [-0.15, -0.1) is 0 Å². The first-order chi connectivity index (χ1) is 10.0. The number of benzene rings is 1. The van der Waals surface area contributed by atoms with Gasteiger partial charge in [-0.2, -0.15) is 0 Å². The average molecular weight is 284 g/mol. The van der Waals surface area contributed by atoms with E-state index in [-0.39, 0.29) is 0 Å². The number of rotatable bonds is 5. The molecule has 0 unspecified atom stereocenters. The highest BCUT2D eigenvalue weighted by Gasteiger charge is 2.14. The number of hydrogen-bond acceptors (Lipinski definition) is 4. The van der Waals surface area contributed by atoms with Crippen molar-refractivity contribution >= 4 is 17.3 Å². The molecule has 1 aromatic carbocycles. The third kappa shape index (κ3) is 3.51. The van der Waals surface area contributed by atoms with Gasteiger partial charge in [0.05, 0.1) is 0 Å². The second-order valence-electron chi connectivity index (χ2n) is 5.79. The van der Waals surface area contributed by atoms with E-state index in [1.807, 2.05) is 7.05 Å². The summed E-state index contributed by atoms with van der Waals surface area (Å²) in [5, 5.41) is 6.57. The van der Waals surface area contributed by atoms with Crippen LogP contribution >= 0.6 is 0 Å². The van der Waals surface area contributed by atoms with Crippen molar-refractivity contribution in [3.8, 4) is 0 Å². The Morgan fingerprint density at radius 2 is 1.67 bits per heavy atom. The first-order valence-electron chi connectivity index (χ1n) is 7.42. The van der Waals surface area contributed by atoms with E-state index in [1.54, 1.807) is 6.33 Å². The molecule has 0 radical (unpaired) electrons. The van der Waals surface area contributed by atoms with Gasteiger partial charge >= 0.3 is 0 Å². The summed E-state index contributed by atoms with van der Waals surface area (Å²) in [6, 6.07) is 8.47. The van der Waals surface area contributed by atoms with Crippen molar-refractivity contribution < 1.29 is 0 Å². The molecular weight excluding hydrogens is 260 g/mol. The molecule has 0 saturated carbocycles. The summed E-state index contributed by atoms with van der Waals surface area (Å²) in [5.74, 6) is 2.59. The molecule has 4 nitrogen and oxygen atoms in total. The molecule has 112 valence electrons. The molecule has 21 heavy (non-hydrogen) atoms. The Kier molecular flexibility index (Phi) is 4.78. The van der Waals surface area contributed by atoms with E-state index in [0.717, 1.165) is 22.9 Å². The van der Waals surface area contributed by atoms with Gasteiger partial charge in [-0.05, 0) is 29.5 Å². The van der Waals surface area contributed by atoms with Crippen LogP contribution in [0.5, 0.6) is 0 Å². The molecular formula is C17H24N4. The van der Waals surface area contributed by atoms with Crippen LogP contribution in [0.2, 0.25) is 0 Å². The summed E-state index contributed by atoms with van der Waals surface area (Å²) in [6.07, 6.45) is 1.59. The van der Waals surface area contributed by atoms with Gasteiger partial charge in [-0.1, -0.05) is 39.8 Å². The van der Waals surface area contributed by atoms with Crippen LogP contribution < -0.4 is 10.6 Å². The molecule has 0 amide bonds. The summed E-state index contributed by atoms with van der Waals surface area (Å²) in [4.78, 5) is 8.72. The topological polar surface area (TPSA) is 49.8 Å². The number of aromatic nitrogens is 2. The predicted octanol–water partition coefficient (Wildman–Crippen LogP) is 4.51. The van der Waals surface area contributed by atoms with Crippen LogP contribution in [0.4, 0.5) is 17.3 Å². The van der Waals surface area contributed by atoms with E-state index in [0.29, 0.717) is 11.8 Å². The molecule has 4 heteroatoms. The molecule has 0 aliphatic carbocycles. The molecule has 0 atom stereocenters. The van der Waals surface area contributed by atoms with Crippen molar-refractivity contribution in [1.29, 1.82) is 0 Å². The van der Waals surface area contributed by atoms with E-state index in [9.17, 15) is 0 Å². The molecule has 2 rings (SSSR count). The lowest BCUT2D eigenvalue weighted by atomic mass is 10.0. The van der Waals surface area contributed by atoms with Crippen LogP contribution in [0.25, 0.3) is 0 Å². The van der Waals surface area contributed by atoms with Gasteiger partial charge in [0.1, 0.15) is 18.0 Å². The van der Waals surface area contributed by atoms with Gasteiger partial charge in [0, 0.05) is 18.3 Å². The maximum atomic E-state index is 4.42. The largest absolute Gasteiger partial charge is 0.373 e.